The molecule has 1 aliphatic heterocycles. The summed E-state index contributed by atoms with van der Waals surface area (Å²) in [6.45, 7) is 1.04. The van der Waals surface area contributed by atoms with Crippen LogP contribution in [0.2, 0.25) is 10.0 Å². The summed E-state index contributed by atoms with van der Waals surface area (Å²) in [6, 6.07) is 14.9. The van der Waals surface area contributed by atoms with Crippen LogP contribution >= 0.6 is 23.2 Å². The van der Waals surface area contributed by atoms with Crippen molar-refractivity contribution >= 4 is 29.2 Å². The van der Waals surface area contributed by atoms with Gasteiger partial charge in [0.15, 0.2) is 0 Å². The van der Waals surface area contributed by atoms with Gasteiger partial charge in [0.05, 0.1) is 30.2 Å². The Bertz CT molecular complexity index is 1320. The number of halogens is 2. The average molecular weight is 526 g/mol. The van der Waals surface area contributed by atoms with Gasteiger partial charge in [0.25, 0.3) is 0 Å². The Hall–Kier alpha value is -3.17. The first-order chi connectivity index (χ1) is 17.4. The topological polar surface area (TPSA) is 74.5 Å². The summed E-state index contributed by atoms with van der Waals surface area (Å²) < 4.78 is 20.6. The average Bonchev–Trinajstić information content (AvgIpc) is 3.54. The number of aromatic nitrogens is 4. The van der Waals surface area contributed by atoms with E-state index >= 15 is 0 Å². The van der Waals surface area contributed by atoms with Gasteiger partial charge in [-0.05, 0) is 42.5 Å². The molecule has 2 aromatic heterocycles. The first-order valence-corrected chi connectivity index (χ1v) is 12.1. The number of benzene rings is 2. The standard InChI is InChI=1S/C26H25Cl2N5O3/c1-32(2)25-30-10-9-24(31-25)18-3-6-20(7-4-18)34-14-21-15-35-26(36-21,16-33-12-11-29-17-33)22-8-5-19(27)13-23(22)28/h3-13,17,21H,14-16H2,1-2H3/t21-,26-/m1/s1. The van der Waals surface area contributed by atoms with Gasteiger partial charge in [-0.1, -0.05) is 29.3 Å². The quantitative estimate of drug-likeness (QED) is 0.318. The lowest BCUT2D eigenvalue weighted by molar-refractivity contribution is -0.189. The third-order valence-corrected chi connectivity index (χ3v) is 6.33. The molecule has 10 heteroatoms. The molecule has 36 heavy (non-hydrogen) atoms. The van der Waals surface area contributed by atoms with E-state index in [0.29, 0.717) is 41.3 Å². The summed E-state index contributed by atoms with van der Waals surface area (Å²) in [6.07, 6.45) is 6.72. The highest BCUT2D eigenvalue weighted by atomic mass is 35.5. The van der Waals surface area contributed by atoms with Gasteiger partial charge in [-0.2, -0.15) is 0 Å². The van der Waals surface area contributed by atoms with Crippen LogP contribution in [0.3, 0.4) is 0 Å². The summed E-state index contributed by atoms with van der Waals surface area (Å²) in [5.74, 6) is 0.296. The molecule has 1 saturated heterocycles. The van der Waals surface area contributed by atoms with Gasteiger partial charge >= 0.3 is 0 Å². The molecule has 0 aliphatic carbocycles. The minimum absolute atomic E-state index is 0.301. The summed E-state index contributed by atoms with van der Waals surface area (Å²) in [4.78, 5) is 14.8. The molecule has 0 spiro atoms. The fraction of sp³-hybridized carbons (Fsp3) is 0.269. The van der Waals surface area contributed by atoms with Crippen LogP contribution in [0.5, 0.6) is 5.75 Å². The zero-order chi connectivity index (χ0) is 25.1. The van der Waals surface area contributed by atoms with Crippen molar-refractivity contribution in [3.05, 3.63) is 89.1 Å². The first kappa shape index (κ1) is 24.5. The molecule has 0 saturated carbocycles. The molecule has 5 rings (SSSR count). The molecule has 0 N–H and O–H groups in total. The van der Waals surface area contributed by atoms with E-state index < -0.39 is 5.79 Å². The smallest absolute Gasteiger partial charge is 0.225 e. The van der Waals surface area contributed by atoms with Gasteiger partial charge in [0.1, 0.15) is 18.5 Å². The number of rotatable bonds is 8. The largest absolute Gasteiger partial charge is 0.491 e. The lowest BCUT2D eigenvalue weighted by atomic mass is 10.1. The highest BCUT2D eigenvalue weighted by molar-refractivity contribution is 6.35. The predicted molar refractivity (Wildman–Crippen MR) is 138 cm³/mol. The molecule has 0 amide bonds. The van der Waals surface area contributed by atoms with E-state index in [1.165, 1.54) is 0 Å². The minimum Gasteiger partial charge on any atom is -0.491 e. The van der Waals surface area contributed by atoms with Crippen LogP contribution in [0.4, 0.5) is 5.95 Å². The van der Waals surface area contributed by atoms with Gasteiger partial charge in [0, 0.05) is 48.8 Å². The summed E-state index contributed by atoms with van der Waals surface area (Å²) >= 11 is 12.7. The predicted octanol–water partition coefficient (Wildman–Crippen LogP) is 5.06. The molecular weight excluding hydrogens is 501 g/mol. The van der Waals surface area contributed by atoms with Crippen LogP contribution in [0.25, 0.3) is 11.3 Å². The maximum Gasteiger partial charge on any atom is 0.225 e. The van der Waals surface area contributed by atoms with E-state index in [9.17, 15) is 0 Å². The van der Waals surface area contributed by atoms with Crippen LogP contribution in [0.1, 0.15) is 5.56 Å². The van der Waals surface area contributed by atoms with Gasteiger partial charge in [-0.15, -0.1) is 0 Å². The van der Waals surface area contributed by atoms with Crippen molar-refractivity contribution in [3.63, 3.8) is 0 Å². The number of ether oxygens (including phenoxy) is 3. The summed E-state index contributed by atoms with van der Waals surface area (Å²) in [5.41, 5.74) is 2.53. The monoisotopic (exact) mass is 525 g/mol. The molecule has 1 fully saturated rings. The van der Waals surface area contributed by atoms with E-state index in [1.54, 1.807) is 30.9 Å². The van der Waals surface area contributed by atoms with Crippen molar-refractivity contribution in [2.45, 2.75) is 18.4 Å². The molecule has 2 atom stereocenters. The molecule has 186 valence electrons. The van der Waals surface area contributed by atoms with Gasteiger partial charge in [0.2, 0.25) is 11.7 Å². The fourth-order valence-electron chi connectivity index (χ4n) is 4.01. The van der Waals surface area contributed by atoms with Crippen molar-refractivity contribution < 1.29 is 14.2 Å². The Kier molecular flexibility index (Phi) is 7.11. The third-order valence-electron chi connectivity index (χ3n) is 5.78. The zero-order valence-corrected chi connectivity index (χ0v) is 21.4. The Morgan fingerprint density at radius 1 is 1.11 bits per heavy atom. The zero-order valence-electron chi connectivity index (χ0n) is 19.8. The van der Waals surface area contributed by atoms with Crippen molar-refractivity contribution in [2.24, 2.45) is 0 Å². The minimum atomic E-state index is -1.09. The molecule has 8 nitrogen and oxygen atoms in total. The normalized spacial score (nSPS) is 19.4. The molecule has 4 aromatic rings. The maximum absolute atomic E-state index is 6.54. The first-order valence-electron chi connectivity index (χ1n) is 11.4. The Labute approximate surface area is 219 Å². The Balaban J connectivity index is 1.28. The fourth-order valence-corrected chi connectivity index (χ4v) is 4.56. The van der Waals surface area contributed by atoms with Gasteiger partial charge in [-0.3, -0.25) is 0 Å². The number of hydrogen-bond donors (Lipinski definition) is 0. The molecular formula is C26H25Cl2N5O3. The van der Waals surface area contributed by atoms with E-state index in [4.69, 9.17) is 37.4 Å². The second-order valence-electron chi connectivity index (χ2n) is 8.63. The molecule has 0 bridgehead atoms. The van der Waals surface area contributed by atoms with E-state index in [0.717, 1.165) is 17.0 Å². The second-order valence-corrected chi connectivity index (χ2v) is 9.48. The third kappa shape index (κ3) is 5.32. The SMILES string of the molecule is CN(C)c1nccc(-c2ccc(OC[C@@H]3CO[C@@](Cn4ccnc4)(c4ccc(Cl)cc4Cl)O3)cc2)n1. The number of hydrogen-bond acceptors (Lipinski definition) is 7. The second kappa shape index (κ2) is 10.4. The summed E-state index contributed by atoms with van der Waals surface area (Å²) in [7, 11) is 3.83. The van der Waals surface area contributed by atoms with Crippen molar-refractivity contribution in [1.29, 1.82) is 0 Å². The highest BCUT2D eigenvalue weighted by Gasteiger charge is 2.45. The van der Waals surface area contributed by atoms with E-state index in [1.807, 2.05) is 66.2 Å². The highest BCUT2D eigenvalue weighted by Crippen LogP contribution is 2.40. The molecule has 3 heterocycles. The number of nitrogens with zero attached hydrogens (tertiary/aromatic N) is 5. The van der Waals surface area contributed by atoms with Crippen molar-refractivity contribution in [1.82, 2.24) is 19.5 Å². The van der Waals surface area contributed by atoms with Crippen LogP contribution in [0.15, 0.2) is 73.4 Å². The molecule has 0 radical (unpaired) electrons. The Morgan fingerprint density at radius 3 is 2.67 bits per heavy atom. The lowest BCUT2D eigenvalue weighted by Gasteiger charge is -2.30. The summed E-state index contributed by atoms with van der Waals surface area (Å²) in [5, 5.41) is 1.02. The number of anilines is 1. The number of imidazole rings is 1. The lowest BCUT2D eigenvalue weighted by Crippen LogP contribution is -2.34. The van der Waals surface area contributed by atoms with Crippen LogP contribution < -0.4 is 9.64 Å². The molecule has 2 aromatic carbocycles. The van der Waals surface area contributed by atoms with Crippen LogP contribution in [-0.2, 0) is 21.8 Å². The van der Waals surface area contributed by atoms with Crippen molar-refractivity contribution in [2.75, 3.05) is 32.2 Å². The van der Waals surface area contributed by atoms with E-state index in [2.05, 4.69) is 15.0 Å². The Morgan fingerprint density at radius 2 is 1.94 bits per heavy atom. The van der Waals surface area contributed by atoms with E-state index in [-0.39, 0.29) is 6.10 Å². The molecule has 1 aliphatic rings. The maximum atomic E-state index is 6.54. The molecule has 0 unspecified atom stereocenters. The van der Waals surface area contributed by atoms with Crippen molar-refractivity contribution in [3.8, 4) is 17.0 Å². The van der Waals surface area contributed by atoms with Gasteiger partial charge in [-0.25, -0.2) is 15.0 Å². The van der Waals surface area contributed by atoms with Gasteiger partial charge < -0.3 is 23.7 Å². The van der Waals surface area contributed by atoms with Crippen LogP contribution in [0, 0.1) is 0 Å². The van der Waals surface area contributed by atoms with Crippen LogP contribution in [-0.4, -0.2) is 52.9 Å².